The molecule has 0 unspecified atom stereocenters. The van der Waals surface area contributed by atoms with Gasteiger partial charge >= 0.3 is 0 Å². The van der Waals surface area contributed by atoms with Gasteiger partial charge < -0.3 is 15.1 Å². The van der Waals surface area contributed by atoms with Crippen LogP contribution in [0.5, 0.6) is 0 Å². The van der Waals surface area contributed by atoms with Crippen molar-refractivity contribution in [2.75, 3.05) is 62.2 Å². The molecule has 7 nitrogen and oxygen atoms in total. The fourth-order valence-electron chi connectivity index (χ4n) is 4.63. The molecular weight excluding hydrogens is 439 g/mol. The molecule has 1 aromatic carbocycles. The molecule has 5 rings (SSSR count). The number of fused-ring (bicyclic) bond motifs is 1. The largest absolute Gasteiger partial charge is 0.367 e. The number of nitrogens with one attached hydrogen (secondary N) is 1. The second kappa shape index (κ2) is 10.0. The highest BCUT2D eigenvalue weighted by Gasteiger charge is 2.27. The normalized spacial score (nSPS) is 18.1. The van der Waals surface area contributed by atoms with E-state index in [-0.39, 0.29) is 17.6 Å². The fraction of sp³-hybridized carbons (Fsp3) is 0.458. The van der Waals surface area contributed by atoms with Crippen LogP contribution in [-0.2, 0) is 4.79 Å². The summed E-state index contributed by atoms with van der Waals surface area (Å²) in [5.74, 6) is 0.0568. The molecule has 0 bridgehead atoms. The average molecular weight is 469 g/mol. The molecule has 0 saturated carbocycles. The zero-order valence-corrected chi connectivity index (χ0v) is 19.4. The molecule has 2 saturated heterocycles. The van der Waals surface area contributed by atoms with Crippen molar-refractivity contribution in [3.05, 3.63) is 48.4 Å². The molecule has 0 atom stereocenters. The van der Waals surface area contributed by atoms with Crippen LogP contribution in [0.2, 0.25) is 0 Å². The van der Waals surface area contributed by atoms with E-state index in [2.05, 4.69) is 30.0 Å². The minimum atomic E-state index is -0.163. The fourth-order valence-corrected chi connectivity index (χ4v) is 5.59. The molecule has 0 radical (unpaired) electrons. The number of pyridine rings is 1. The Kier molecular flexibility index (Phi) is 6.68. The Hall–Kier alpha value is -2.78. The maximum Gasteiger partial charge on any atom is 0.223 e. The molecule has 0 spiro atoms. The van der Waals surface area contributed by atoms with Crippen LogP contribution in [0.1, 0.15) is 12.8 Å². The van der Waals surface area contributed by atoms with Gasteiger partial charge in [-0.05, 0) is 37.1 Å². The van der Waals surface area contributed by atoms with E-state index in [0.717, 1.165) is 74.1 Å². The first-order valence-corrected chi connectivity index (χ1v) is 12.4. The molecule has 33 heavy (non-hydrogen) atoms. The summed E-state index contributed by atoms with van der Waals surface area (Å²) in [6.07, 6.45) is 3.48. The first-order chi connectivity index (χ1) is 16.2. The topological polar surface area (TPSA) is 64.6 Å². The van der Waals surface area contributed by atoms with Crippen LogP contribution in [0, 0.1) is 11.7 Å². The number of amides is 1. The van der Waals surface area contributed by atoms with Crippen LogP contribution in [-0.4, -0.2) is 73.1 Å². The lowest BCUT2D eigenvalue weighted by molar-refractivity contribution is -0.125. The zero-order valence-electron chi connectivity index (χ0n) is 18.6. The summed E-state index contributed by atoms with van der Waals surface area (Å²) >= 11 is 1.62. The van der Waals surface area contributed by atoms with Gasteiger partial charge in [0.2, 0.25) is 5.91 Å². The highest BCUT2D eigenvalue weighted by atomic mass is 32.1. The summed E-state index contributed by atoms with van der Waals surface area (Å²) in [6.45, 7) is 6.52. The number of benzene rings is 1. The van der Waals surface area contributed by atoms with Crippen molar-refractivity contribution in [3.8, 4) is 0 Å². The molecule has 0 aliphatic carbocycles. The number of carbonyl (C=O) groups is 1. The summed E-state index contributed by atoms with van der Waals surface area (Å²) in [4.78, 5) is 29.4. The second-order valence-electron chi connectivity index (χ2n) is 8.66. The summed E-state index contributed by atoms with van der Waals surface area (Å²) in [5, 5.41) is 4.13. The molecule has 4 heterocycles. The molecular formula is C24H29FN6OS. The van der Waals surface area contributed by atoms with Gasteiger partial charge in [0.15, 0.2) is 5.13 Å². The number of aromatic nitrogens is 2. The first kappa shape index (κ1) is 22.0. The predicted octanol–water partition coefficient (Wildman–Crippen LogP) is 2.99. The molecule has 3 aromatic rings. The van der Waals surface area contributed by atoms with Crippen LogP contribution >= 0.6 is 11.3 Å². The van der Waals surface area contributed by atoms with Crippen LogP contribution in [0.25, 0.3) is 10.3 Å². The Bertz CT molecular complexity index is 1060. The van der Waals surface area contributed by atoms with Crippen LogP contribution in [0.4, 0.5) is 15.2 Å². The van der Waals surface area contributed by atoms with E-state index in [0.29, 0.717) is 12.2 Å². The van der Waals surface area contributed by atoms with E-state index in [1.165, 1.54) is 6.07 Å². The van der Waals surface area contributed by atoms with Crippen molar-refractivity contribution < 1.29 is 9.18 Å². The number of nitrogens with zero attached hydrogens (tertiary/aromatic N) is 5. The zero-order chi connectivity index (χ0) is 22.6. The summed E-state index contributed by atoms with van der Waals surface area (Å²) in [5.41, 5.74) is 1.62. The maximum absolute atomic E-state index is 14.0. The van der Waals surface area contributed by atoms with E-state index in [4.69, 9.17) is 0 Å². The summed E-state index contributed by atoms with van der Waals surface area (Å²) < 4.78 is 14.0. The second-order valence-corrected chi connectivity index (χ2v) is 9.61. The van der Waals surface area contributed by atoms with Gasteiger partial charge in [-0.3, -0.25) is 9.69 Å². The van der Waals surface area contributed by atoms with Crippen molar-refractivity contribution >= 4 is 38.4 Å². The van der Waals surface area contributed by atoms with Gasteiger partial charge in [-0.25, -0.2) is 14.4 Å². The average Bonchev–Trinajstić information content (AvgIpc) is 3.29. The van der Waals surface area contributed by atoms with Gasteiger partial charge in [0.05, 0.1) is 5.69 Å². The van der Waals surface area contributed by atoms with E-state index in [9.17, 15) is 9.18 Å². The summed E-state index contributed by atoms with van der Waals surface area (Å²) in [7, 11) is 0. The number of carbonyl (C=O) groups excluding carboxylic acids is 1. The highest BCUT2D eigenvalue weighted by molar-refractivity contribution is 7.21. The number of para-hydroxylation sites is 1. The number of piperazine rings is 1. The molecule has 9 heteroatoms. The third kappa shape index (κ3) is 5.09. The number of hydrogen-bond donors (Lipinski definition) is 1. The standard InChI is InChI=1S/C24H29FN6OS/c25-19-4-1-2-6-21(19)30-16-14-29(15-17-30)13-10-26-22(32)18-7-11-31(12-8-18)24-28-20-5-3-9-27-23(20)33-24/h1-6,9,18H,7-8,10-17H2,(H,26,32). The maximum atomic E-state index is 14.0. The van der Waals surface area contributed by atoms with Crippen molar-refractivity contribution in [2.45, 2.75) is 12.8 Å². The smallest absolute Gasteiger partial charge is 0.223 e. The van der Waals surface area contributed by atoms with Crippen LogP contribution in [0.15, 0.2) is 42.6 Å². The molecule has 2 aliphatic rings. The van der Waals surface area contributed by atoms with E-state index in [1.54, 1.807) is 23.6 Å². The molecule has 2 fully saturated rings. The van der Waals surface area contributed by atoms with Gasteiger partial charge in [-0.2, -0.15) is 0 Å². The van der Waals surface area contributed by atoms with Gasteiger partial charge in [-0.1, -0.05) is 23.5 Å². The lowest BCUT2D eigenvalue weighted by atomic mass is 9.96. The monoisotopic (exact) mass is 468 g/mol. The number of halogens is 1. The van der Waals surface area contributed by atoms with Crippen molar-refractivity contribution in [1.29, 1.82) is 0 Å². The molecule has 2 aliphatic heterocycles. The SMILES string of the molecule is O=C(NCCN1CCN(c2ccccc2F)CC1)C1CCN(c2nc3cccnc3s2)CC1. The first-order valence-electron chi connectivity index (χ1n) is 11.6. The minimum absolute atomic E-state index is 0.0617. The molecule has 1 amide bonds. The number of piperidine rings is 1. The van der Waals surface area contributed by atoms with Gasteiger partial charge in [0, 0.05) is 64.5 Å². The van der Waals surface area contributed by atoms with E-state index >= 15 is 0 Å². The van der Waals surface area contributed by atoms with Gasteiger partial charge in [0.25, 0.3) is 0 Å². The number of hydrogen-bond acceptors (Lipinski definition) is 7. The van der Waals surface area contributed by atoms with Gasteiger partial charge in [0.1, 0.15) is 16.2 Å². The Morgan fingerprint density at radius 2 is 1.82 bits per heavy atom. The Labute approximate surface area is 197 Å². The minimum Gasteiger partial charge on any atom is -0.367 e. The molecule has 2 aromatic heterocycles. The Morgan fingerprint density at radius 1 is 1.03 bits per heavy atom. The molecule has 174 valence electrons. The number of thiazole rings is 1. The third-order valence-electron chi connectivity index (χ3n) is 6.58. The molecule has 1 N–H and O–H groups in total. The number of rotatable bonds is 6. The van der Waals surface area contributed by atoms with Crippen molar-refractivity contribution in [2.24, 2.45) is 5.92 Å². The predicted molar refractivity (Wildman–Crippen MR) is 130 cm³/mol. The van der Waals surface area contributed by atoms with E-state index < -0.39 is 0 Å². The Morgan fingerprint density at radius 3 is 2.58 bits per heavy atom. The lowest BCUT2D eigenvalue weighted by Gasteiger charge is -2.36. The van der Waals surface area contributed by atoms with Crippen molar-refractivity contribution in [1.82, 2.24) is 20.2 Å². The third-order valence-corrected chi connectivity index (χ3v) is 7.62. The van der Waals surface area contributed by atoms with Crippen LogP contribution in [0.3, 0.4) is 0 Å². The van der Waals surface area contributed by atoms with Gasteiger partial charge in [-0.15, -0.1) is 0 Å². The number of anilines is 2. The van der Waals surface area contributed by atoms with Crippen LogP contribution < -0.4 is 15.1 Å². The van der Waals surface area contributed by atoms with E-state index in [1.807, 2.05) is 24.3 Å². The quantitative estimate of drug-likeness (QED) is 0.600. The summed E-state index contributed by atoms with van der Waals surface area (Å²) in [6, 6.07) is 10.8. The highest BCUT2D eigenvalue weighted by Crippen LogP contribution is 2.30. The Balaban J connectivity index is 1.02. The lowest BCUT2D eigenvalue weighted by Crippen LogP contribution is -2.49. The van der Waals surface area contributed by atoms with Crippen molar-refractivity contribution in [3.63, 3.8) is 0 Å².